The molecule has 0 radical (unpaired) electrons. The molecule has 2 fully saturated rings. The molecule has 4 nitrogen and oxygen atoms in total. The first-order valence-corrected chi connectivity index (χ1v) is 3.75. The van der Waals surface area contributed by atoms with Crippen LogP contribution >= 0.6 is 0 Å². The lowest BCUT2D eigenvalue weighted by molar-refractivity contribution is -0.168. The summed E-state index contributed by atoms with van der Waals surface area (Å²) in [6, 6.07) is 0. The fraction of sp³-hybridized carbons (Fsp3) is 0.857. The van der Waals surface area contributed by atoms with Gasteiger partial charge in [0.1, 0.15) is 0 Å². The van der Waals surface area contributed by atoms with Gasteiger partial charge >= 0.3 is 5.97 Å². The molecule has 2 bridgehead atoms. The van der Waals surface area contributed by atoms with E-state index in [-0.39, 0.29) is 17.9 Å². The minimum absolute atomic E-state index is 0.0175. The number of aliphatic hydroxyl groups excluding tert-OH is 1. The van der Waals surface area contributed by atoms with E-state index in [9.17, 15) is 4.79 Å². The van der Waals surface area contributed by atoms with Crippen LogP contribution in [0.15, 0.2) is 0 Å². The molecule has 11 heavy (non-hydrogen) atoms. The largest absolute Gasteiger partial charge is 0.481 e. The van der Waals surface area contributed by atoms with Crippen molar-refractivity contribution in [2.24, 2.45) is 11.8 Å². The third-order valence-electron chi connectivity index (χ3n) is 2.58. The highest BCUT2D eigenvalue weighted by Crippen LogP contribution is 2.43. The van der Waals surface area contributed by atoms with E-state index in [4.69, 9.17) is 14.9 Å². The van der Waals surface area contributed by atoms with E-state index in [2.05, 4.69) is 0 Å². The van der Waals surface area contributed by atoms with Gasteiger partial charge in [0, 0.05) is 5.92 Å². The Morgan fingerprint density at radius 3 is 2.55 bits per heavy atom. The minimum atomic E-state index is -0.838. The highest BCUT2D eigenvalue weighted by molar-refractivity contribution is 5.71. The number of aliphatic hydroxyl groups is 1. The summed E-state index contributed by atoms with van der Waals surface area (Å²) in [5.74, 6) is -1.36. The lowest BCUT2D eigenvalue weighted by Crippen LogP contribution is -2.32. The molecule has 1 aliphatic heterocycles. The van der Waals surface area contributed by atoms with Gasteiger partial charge in [-0.3, -0.25) is 4.79 Å². The molecule has 2 N–H and O–H groups in total. The van der Waals surface area contributed by atoms with Crippen LogP contribution in [-0.2, 0) is 9.53 Å². The highest BCUT2D eigenvalue weighted by atomic mass is 16.6. The molecule has 4 atom stereocenters. The number of carbonyl (C=O) groups is 1. The molecule has 0 aromatic heterocycles. The van der Waals surface area contributed by atoms with E-state index in [1.807, 2.05) is 0 Å². The van der Waals surface area contributed by atoms with Crippen LogP contribution in [0.2, 0.25) is 0 Å². The Morgan fingerprint density at radius 2 is 2.18 bits per heavy atom. The first-order valence-electron chi connectivity index (χ1n) is 3.75. The molecule has 2 aliphatic rings. The zero-order valence-corrected chi connectivity index (χ0v) is 5.93. The number of hydrogen-bond acceptors (Lipinski definition) is 3. The maximum absolute atomic E-state index is 10.6. The Bertz CT molecular complexity index is 191. The lowest BCUT2D eigenvalue weighted by Gasteiger charge is -2.22. The molecule has 1 heterocycles. The van der Waals surface area contributed by atoms with Crippen LogP contribution in [0.4, 0.5) is 0 Å². The van der Waals surface area contributed by atoms with Gasteiger partial charge in [0.25, 0.3) is 0 Å². The summed E-state index contributed by atoms with van der Waals surface area (Å²) in [5, 5.41) is 17.8. The summed E-state index contributed by atoms with van der Waals surface area (Å²) < 4.78 is 5.03. The van der Waals surface area contributed by atoms with Crippen LogP contribution in [-0.4, -0.2) is 28.6 Å². The molecular formula is C7H10O4. The van der Waals surface area contributed by atoms with E-state index in [1.54, 1.807) is 0 Å². The van der Waals surface area contributed by atoms with E-state index in [0.29, 0.717) is 12.8 Å². The van der Waals surface area contributed by atoms with Crippen LogP contribution in [0.5, 0.6) is 0 Å². The second-order valence-electron chi connectivity index (χ2n) is 3.23. The molecule has 0 aromatic rings. The van der Waals surface area contributed by atoms with Crippen molar-refractivity contribution in [3.05, 3.63) is 0 Å². The van der Waals surface area contributed by atoms with Gasteiger partial charge in [-0.25, -0.2) is 0 Å². The summed E-state index contributed by atoms with van der Waals surface area (Å²) in [7, 11) is 0. The van der Waals surface area contributed by atoms with Crippen molar-refractivity contribution in [3.63, 3.8) is 0 Å². The quantitative estimate of drug-likeness (QED) is 0.555. The first-order chi connectivity index (χ1) is 5.18. The number of fused-ring (bicyclic) bond motifs is 2. The van der Waals surface area contributed by atoms with Crippen molar-refractivity contribution >= 4 is 5.97 Å². The van der Waals surface area contributed by atoms with Gasteiger partial charge in [-0.05, 0) is 12.8 Å². The highest BCUT2D eigenvalue weighted by Gasteiger charge is 2.49. The molecule has 0 aromatic carbocycles. The number of carboxylic acid groups (broad SMARTS) is 1. The molecule has 2 rings (SSSR count). The Balaban J connectivity index is 2.12. The molecule has 1 aliphatic carbocycles. The van der Waals surface area contributed by atoms with Gasteiger partial charge in [-0.2, -0.15) is 0 Å². The first kappa shape index (κ1) is 7.06. The third kappa shape index (κ3) is 0.937. The fourth-order valence-electron chi connectivity index (χ4n) is 2.03. The Hall–Kier alpha value is -0.610. The van der Waals surface area contributed by atoms with Gasteiger partial charge in [-0.1, -0.05) is 0 Å². The predicted molar refractivity (Wildman–Crippen MR) is 34.7 cm³/mol. The Kier molecular flexibility index (Phi) is 1.40. The molecule has 1 saturated carbocycles. The van der Waals surface area contributed by atoms with Crippen molar-refractivity contribution in [2.75, 3.05) is 0 Å². The Morgan fingerprint density at radius 1 is 1.45 bits per heavy atom. The minimum Gasteiger partial charge on any atom is -0.481 e. The summed E-state index contributed by atoms with van der Waals surface area (Å²) in [5.41, 5.74) is 0. The number of carboxylic acids is 1. The molecule has 0 amide bonds. The monoisotopic (exact) mass is 158 g/mol. The number of hydrogen-bond donors (Lipinski definition) is 2. The van der Waals surface area contributed by atoms with Crippen LogP contribution < -0.4 is 0 Å². The van der Waals surface area contributed by atoms with E-state index in [0.717, 1.165) is 0 Å². The summed E-state index contributed by atoms with van der Waals surface area (Å²) >= 11 is 0. The maximum Gasteiger partial charge on any atom is 0.307 e. The summed E-state index contributed by atoms with van der Waals surface area (Å²) in [4.78, 5) is 10.6. The van der Waals surface area contributed by atoms with Crippen molar-refractivity contribution in [1.29, 1.82) is 0 Å². The van der Waals surface area contributed by atoms with E-state index < -0.39 is 12.3 Å². The fourth-order valence-corrected chi connectivity index (χ4v) is 2.03. The van der Waals surface area contributed by atoms with Crippen molar-refractivity contribution in [1.82, 2.24) is 0 Å². The van der Waals surface area contributed by atoms with Crippen LogP contribution in [0.25, 0.3) is 0 Å². The van der Waals surface area contributed by atoms with Crippen molar-refractivity contribution in [3.8, 4) is 0 Å². The van der Waals surface area contributed by atoms with Gasteiger partial charge in [0.15, 0.2) is 6.29 Å². The topological polar surface area (TPSA) is 66.8 Å². The summed E-state index contributed by atoms with van der Waals surface area (Å²) in [6.45, 7) is 0. The van der Waals surface area contributed by atoms with E-state index >= 15 is 0 Å². The van der Waals surface area contributed by atoms with Gasteiger partial charge in [0.2, 0.25) is 0 Å². The lowest BCUT2D eigenvalue weighted by atomic mass is 9.95. The maximum atomic E-state index is 10.6. The van der Waals surface area contributed by atoms with Crippen LogP contribution in [0, 0.1) is 11.8 Å². The van der Waals surface area contributed by atoms with Gasteiger partial charge in [0.05, 0.1) is 12.0 Å². The zero-order chi connectivity index (χ0) is 8.01. The molecule has 0 spiro atoms. The van der Waals surface area contributed by atoms with E-state index in [1.165, 1.54) is 0 Å². The van der Waals surface area contributed by atoms with Crippen LogP contribution in [0.3, 0.4) is 0 Å². The molecule has 4 unspecified atom stereocenters. The average Bonchev–Trinajstić information content (AvgIpc) is 2.43. The smallest absolute Gasteiger partial charge is 0.307 e. The van der Waals surface area contributed by atoms with Crippen molar-refractivity contribution in [2.45, 2.75) is 25.2 Å². The second-order valence-corrected chi connectivity index (χ2v) is 3.23. The van der Waals surface area contributed by atoms with Gasteiger partial charge in [-0.15, -0.1) is 0 Å². The zero-order valence-electron chi connectivity index (χ0n) is 5.93. The predicted octanol–water partition coefficient (Wildman–Crippen LogP) is -0.186. The van der Waals surface area contributed by atoms with Gasteiger partial charge < -0.3 is 14.9 Å². The second kappa shape index (κ2) is 2.19. The van der Waals surface area contributed by atoms with Crippen LogP contribution in [0.1, 0.15) is 12.8 Å². The average molecular weight is 158 g/mol. The number of rotatable bonds is 1. The SMILES string of the molecule is O=C(O)C1CC2CC1C(O)O2. The standard InChI is InChI=1S/C7H10O4/c8-6(9)4-1-3-2-5(4)7(10)11-3/h3-5,7,10H,1-2H2,(H,8,9). The molecule has 4 heteroatoms. The summed E-state index contributed by atoms with van der Waals surface area (Å²) in [6.07, 6.45) is 0.417. The molecular weight excluding hydrogens is 148 g/mol. The van der Waals surface area contributed by atoms with Crippen molar-refractivity contribution < 1.29 is 19.7 Å². The third-order valence-corrected chi connectivity index (χ3v) is 2.58. The normalized spacial score (nSPS) is 48.1. The Labute approximate surface area is 63.8 Å². The molecule has 1 saturated heterocycles. The molecule has 62 valence electrons. The number of ether oxygens (including phenoxy) is 1. The number of aliphatic carboxylic acids is 1.